The number of phosphoric ester groups is 1. The molecule has 2 N–H and O–H groups in total. The first kappa shape index (κ1) is 29.1. The number of phosphoric acid groups is 1. The van der Waals surface area contributed by atoms with E-state index in [2.05, 4.69) is 15.0 Å². The van der Waals surface area contributed by atoms with Gasteiger partial charge in [0.15, 0.2) is 29.1 Å². The smallest absolute Gasteiger partial charge is 0.474 e. The Morgan fingerprint density at radius 2 is 2.14 bits per heavy atom. The molecule has 0 unspecified atom stereocenters. The van der Waals surface area contributed by atoms with Gasteiger partial charge in [-0.15, -0.1) is 0 Å². The first-order valence-corrected chi connectivity index (χ1v) is 15.1. The third-order valence-electron chi connectivity index (χ3n) is 7.06. The number of hydrogen-bond donors (Lipinski definition) is 1. The number of nitrogens with two attached hydrogens (primary N) is 1. The normalized spacial score (nSPS) is 30.7. The number of halogens is 1. The van der Waals surface area contributed by atoms with Crippen molar-refractivity contribution < 1.29 is 46.6 Å². The summed E-state index contributed by atoms with van der Waals surface area (Å²) in [6.45, 7) is 4.47. The number of aromatic nitrogens is 4. The highest BCUT2D eigenvalue weighted by atomic mass is 35.5. The summed E-state index contributed by atoms with van der Waals surface area (Å²) in [6.07, 6.45) is -2.38. The Labute approximate surface area is 245 Å². The summed E-state index contributed by atoms with van der Waals surface area (Å²) in [7, 11) is -4.01. The van der Waals surface area contributed by atoms with Crippen molar-refractivity contribution in [3.63, 3.8) is 0 Å². The molecule has 0 saturated carbocycles. The Balaban J connectivity index is 1.22. The van der Waals surface area contributed by atoms with Crippen LogP contribution in [0.2, 0.25) is 5.02 Å². The molecule has 0 amide bonds. The molecule has 0 radical (unpaired) electrons. The summed E-state index contributed by atoms with van der Waals surface area (Å²) in [5.41, 5.74) is 5.97. The van der Waals surface area contributed by atoms with Crippen molar-refractivity contribution in [1.29, 1.82) is 0 Å². The number of nitrogens with zero attached hydrogens (tertiary/aromatic N) is 4. The lowest BCUT2D eigenvalue weighted by molar-refractivity contribution is -0.0925. The predicted octanol–water partition coefficient (Wildman–Crippen LogP) is 3.97. The van der Waals surface area contributed by atoms with Gasteiger partial charge in [0.25, 0.3) is 0 Å². The van der Waals surface area contributed by atoms with Gasteiger partial charge in [0.1, 0.15) is 12.7 Å². The van der Waals surface area contributed by atoms with Gasteiger partial charge >= 0.3 is 14.0 Å². The highest BCUT2D eigenvalue weighted by Gasteiger charge is 2.64. The van der Waals surface area contributed by atoms with Crippen LogP contribution in [-0.4, -0.2) is 76.5 Å². The minimum Gasteiger partial charge on any atom is -0.474 e. The van der Waals surface area contributed by atoms with Crippen LogP contribution in [0.1, 0.15) is 38.2 Å². The fourth-order valence-corrected chi connectivity index (χ4v) is 6.75. The molecule has 3 saturated heterocycles. The van der Waals surface area contributed by atoms with Crippen molar-refractivity contribution in [2.45, 2.75) is 50.4 Å². The molecular formula is C25H29ClN5O10P. The van der Waals surface area contributed by atoms with Crippen LogP contribution in [-0.2, 0) is 37.1 Å². The second kappa shape index (κ2) is 11.6. The molecule has 0 aliphatic carbocycles. The molecule has 3 aliphatic heterocycles. The second-order valence-corrected chi connectivity index (χ2v) is 11.9. The van der Waals surface area contributed by atoms with E-state index in [1.807, 2.05) is 13.0 Å². The molecule has 226 valence electrons. The van der Waals surface area contributed by atoms with Crippen molar-refractivity contribution in [2.24, 2.45) is 0 Å². The predicted molar refractivity (Wildman–Crippen MR) is 145 cm³/mol. The monoisotopic (exact) mass is 625 g/mol. The summed E-state index contributed by atoms with van der Waals surface area (Å²) in [5, 5.41) is 0.523. The molecule has 3 aromatic rings. The van der Waals surface area contributed by atoms with Gasteiger partial charge in [-0.1, -0.05) is 23.7 Å². The van der Waals surface area contributed by atoms with Crippen LogP contribution in [0.3, 0.4) is 0 Å². The number of anilines is 1. The SMILES string of the molecule is CCOCCOc1nc(N)nc2c1ncn2[C@@H]1O[C@H](CO[P@@]2(=O)OCC[C@@H](c3cccc(Cl)c3)O2)[C@H]2OC(=O)O[C@]21C. The van der Waals surface area contributed by atoms with Gasteiger partial charge in [-0.05, 0) is 31.5 Å². The maximum absolute atomic E-state index is 13.4. The molecule has 6 rings (SSSR count). The van der Waals surface area contributed by atoms with Gasteiger partial charge in [0.05, 0.1) is 32.3 Å². The zero-order chi connectivity index (χ0) is 29.5. The molecule has 6 atom stereocenters. The van der Waals surface area contributed by atoms with E-state index >= 15 is 0 Å². The first-order valence-electron chi connectivity index (χ1n) is 13.3. The van der Waals surface area contributed by atoms with Crippen LogP contribution in [0.25, 0.3) is 11.2 Å². The molecule has 5 heterocycles. The molecule has 42 heavy (non-hydrogen) atoms. The Kier molecular flexibility index (Phi) is 8.00. The molecule has 1 aromatic carbocycles. The van der Waals surface area contributed by atoms with Gasteiger partial charge < -0.3 is 29.4 Å². The highest BCUT2D eigenvalue weighted by molar-refractivity contribution is 7.48. The third kappa shape index (κ3) is 5.53. The molecule has 3 fully saturated rings. The standard InChI is InChI=1S/C25H29ClN5O10P/c1-3-34-9-10-35-21-18-20(29-23(27)30-21)31(13-28-18)22-25(2)19(39-24(32)40-25)17(38-22)12-37-42(33)36-8-7-16(41-42)14-5-4-6-15(26)11-14/h4-6,11,13,16-17,19,22H,3,7-10,12H2,1-2H3,(H2,27,29,30)/t16-,17+,19+,22+,25+,42+/m0/s1. The molecule has 15 nitrogen and oxygen atoms in total. The number of rotatable bonds is 10. The van der Waals surface area contributed by atoms with E-state index < -0.39 is 44.1 Å². The number of carbonyl (C=O) groups excluding carboxylic acids is 1. The summed E-state index contributed by atoms with van der Waals surface area (Å²) in [5.74, 6) is 0.100. The van der Waals surface area contributed by atoms with Crippen molar-refractivity contribution in [1.82, 2.24) is 19.5 Å². The highest BCUT2D eigenvalue weighted by Crippen LogP contribution is 2.58. The van der Waals surface area contributed by atoms with Crippen molar-refractivity contribution in [3.05, 3.63) is 41.2 Å². The summed E-state index contributed by atoms with van der Waals surface area (Å²) in [6, 6.07) is 7.06. The lowest BCUT2D eigenvalue weighted by Gasteiger charge is -2.30. The van der Waals surface area contributed by atoms with Crippen LogP contribution in [0.15, 0.2) is 30.6 Å². The molecule has 0 bridgehead atoms. The minimum atomic E-state index is -4.01. The lowest BCUT2D eigenvalue weighted by atomic mass is 9.96. The van der Waals surface area contributed by atoms with Crippen LogP contribution in [0, 0.1) is 0 Å². The van der Waals surface area contributed by atoms with E-state index in [1.165, 1.54) is 6.33 Å². The third-order valence-corrected chi connectivity index (χ3v) is 8.77. The average Bonchev–Trinajstić information content (AvgIpc) is 3.58. The molecule has 2 aromatic heterocycles. The number of nitrogen functional groups attached to an aromatic ring is 1. The van der Waals surface area contributed by atoms with Crippen LogP contribution in [0.5, 0.6) is 5.88 Å². The van der Waals surface area contributed by atoms with E-state index in [-0.39, 0.29) is 37.3 Å². The van der Waals surface area contributed by atoms with E-state index in [4.69, 9.17) is 54.6 Å². The van der Waals surface area contributed by atoms with Crippen molar-refractivity contribution in [2.75, 3.05) is 38.8 Å². The van der Waals surface area contributed by atoms with Crippen molar-refractivity contribution >= 4 is 42.7 Å². The topological polar surface area (TPSA) is 178 Å². The summed E-state index contributed by atoms with van der Waals surface area (Å²) in [4.78, 5) is 25.2. The number of imidazole rings is 1. The zero-order valence-electron chi connectivity index (χ0n) is 22.7. The fourth-order valence-electron chi connectivity index (χ4n) is 5.16. The summed E-state index contributed by atoms with van der Waals surface area (Å²) < 4.78 is 60.2. The second-order valence-electron chi connectivity index (χ2n) is 9.87. The van der Waals surface area contributed by atoms with E-state index in [9.17, 15) is 9.36 Å². The quantitative estimate of drug-likeness (QED) is 0.194. The number of fused-ring (bicyclic) bond motifs is 2. The average molecular weight is 626 g/mol. The van der Waals surface area contributed by atoms with E-state index in [1.54, 1.807) is 29.7 Å². The van der Waals surface area contributed by atoms with Crippen LogP contribution in [0.4, 0.5) is 10.7 Å². The fraction of sp³-hybridized carbons (Fsp3) is 0.520. The summed E-state index contributed by atoms with van der Waals surface area (Å²) >= 11 is 6.11. The molecule has 17 heteroatoms. The number of carbonyl (C=O) groups is 1. The minimum absolute atomic E-state index is 0.0612. The lowest BCUT2D eigenvalue weighted by Crippen LogP contribution is -2.42. The van der Waals surface area contributed by atoms with Gasteiger partial charge in [-0.2, -0.15) is 9.97 Å². The maximum Gasteiger partial charge on any atom is 0.509 e. The first-order chi connectivity index (χ1) is 20.2. The van der Waals surface area contributed by atoms with Gasteiger partial charge in [0, 0.05) is 18.1 Å². The van der Waals surface area contributed by atoms with Crippen molar-refractivity contribution in [3.8, 4) is 5.88 Å². The molecule has 3 aliphatic rings. The van der Waals surface area contributed by atoms with Gasteiger partial charge in [-0.3, -0.25) is 18.1 Å². The van der Waals surface area contributed by atoms with Gasteiger partial charge in [-0.25, -0.2) is 14.3 Å². The zero-order valence-corrected chi connectivity index (χ0v) is 24.4. The van der Waals surface area contributed by atoms with E-state index in [0.29, 0.717) is 30.2 Å². The Morgan fingerprint density at radius 3 is 2.95 bits per heavy atom. The Morgan fingerprint density at radius 1 is 1.29 bits per heavy atom. The number of benzene rings is 1. The number of hydrogen-bond acceptors (Lipinski definition) is 14. The molecule has 0 spiro atoms. The maximum atomic E-state index is 13.4. The van der Waals surface area contributed by atoms with Crippen LogP contribution < -0.4 is 10.5 Å². The van der Waals surface area contributed by atoms with Crippen LogP contribution >= 0.6 is 19.4 Å². The van der Waals surface area contributed by atoms with Gasteiger partial charge in [0.2, 0.25) is 11.8 Å². The Hall–Kier alpha value is -3.04. The Bertz CT molecular complexity index is 1530. The molecular weight excluding hydrogens is 597 g/mol. The van der Waals surface area contributed by atoms with E-state index in [0.717, 1.165) is 5.56 Å². The number of ether oxygens (including phenoxy) is 5. The largest absolute Gasteiger partial charge is 0.509 e.